The fourth-order valence-electron chi connectivity index (χ4n) is 2.75. The molecule has 3 aromatic rings. The zero-order valence-corrected chi connectivity index (χ0v) is 17.5. The number of nitrogens with two attached hydrogens (primary N) is 1. The van der Waals surface area contributed by atoms with E-state index < -0.39 is 5.91 Å². The Labute approximate surface area is 174 Å². The lowest BCUT2D eigenvalue weighted by Gasteiger charge is -2.19. The Morgan fingerprint density at radius 1 is 1.00 bits per heavy atom. The highest BCUT2D eigenvalue weighted by Gasteiger charge is 2.14. The van der Waals surface area contributed by atoms with Crippen molar-refractivity contribution in [2.75, 3.05) is 5.32 Å². The van der Waals surface area contributed by atoms with Crippen LogP contribution in [0.2, 0.25) is 0 Å². The SMILES string of the molecule is CC(C)(C)c1ccc(OCc2ccc(C(=O)Nc3sccc3C(N)=O)cc2)cc1. The zero-order chi connectivity index (χ0) is 21.0. The lowest BCUT2D eigenvalue weighted by molar-refractivity contribution is 0.100. The summed E-state index contributed by atoms with van der Waals surface area (Å²) in [5.74, 6) is -0.0544. The van der Waals surface area contributed by atoms with Crippen LogP contribution in [0.25, 0.3) is 0 Å². The minimum absolute atomic E-state index is 0.107. The maximum Gasteiger partial charge on any atom is 0.256 e. The molecule has 0 aliphatic rings. The molecule has 0 saturated heterocycles. The van der Waals surface area contributed by atoms with Crippen molar-refractivity contribution in [3.05, 3.63) is 82.2 Å². The van der Waals surface area contributed by atoms with E-state index in [4.69, 9.17) is 10.5 Å². The largest absolute Gasteiger partial charge is 0.489 e. The number of hydrogen-bond donors (Lipinski definition) is 2. The molecule has 5 nitrogen and oxygen atoms in total. The fraction of sp³-hybridized carbons (Fsp3) is 0.217. The van der Waals surface area contributed by atoms with E-state index >= 15 is 0 Å². The van der Waals surface area contributed by atoms with Gasteiger partial charge in [0, 0.05) is 5.56 Å². The van der Waals surface area contributed by atoms with Gasteiger partial charge in [-0.05, 0) is 52.3 Å². The lowest BCUT2D eigenvalue weighted by Crippen LogP contribution is -2.16. The molecule has 150 valence electrons. The molecule has 6 heteroatoms. The number of hydrogen-bond acceptors (Lipinski definition) is 4. The van der Waals surface area contributed by atoms with Crippen molar-refractivity contribution in [3.63, 3.8) is 0 Å². The number of rotatable bonds is 6. The van der Waals surface area contributed by atoms with Crippen LogP contribution in [0.1, 0.15) is 52.6 Å². The van der Waals surface area contributed by atoms with Gasteiger partial charge in [-0.1, -0.05) is 45.0 Å². The second-order valence-electron chi connectivity index (χ2n) is 7.74. The lowest BCUT2D eigenvalue weighted by atomic mass is 9.87. The summed E-state index contributed by atoms with van der Waals surface area (Å²) < 4.78 is 5.84. The van der Waals surface area contributed by atoms with Crippen LogP contribution in [0.5, 0.6) is 5.75 Å². The summed E-state index contributed by atoms with van der Waals surface area (Å²) in [7, 11) is 0. The predicted octanol–water partition coefficient (Wildman–Crippen LogP) is 4.98. The van der Waals surface area contributed by atoms with Gasteiger partial charge in [-0.25, -0.2) is 0 Å². The number of primary amides is 1. The highest BCUT2D eigenvalue weighted by Crippen LogP contribution is 2.25. The Bertz CT molecular complexity index is 1000. The quantitative estimate of drug-likeness (QED) is 0.604. The van der Waals surface area contributed by atoms with Crippen LogP contribution in [0, 0.1) is 0 Å². The molecule has 3 N–H and O–H groups in total. The van der Waals surface area contributed by atoms with Gasteiger partial charge in [0.1, 0.15) is 17.4 Å². The van der Waals surface area contributed by atoms with E-state index in [0.717, 1.165) is 11.3 Å². The van der Waals surface area contributed by atoms with Crippen LogP contribution in [0.4, 0.5) is 5.00 Å². The second kappa shape index (κ2) is 8.49. The summed E-state index contributed by atoms with van der Waals surface area (Å²) in [6, 6.07) is 16.9. The van der Waals surface area contributed by atoms with Crippen molar-refractivity contribution < 1.29 is 14.3 Å². The Balaban J connectivity index is 1.59. The number of anilines is 1. The Morgan fingerprint density at radius 3 is 2.24 bits per heavy atom. The first-order chi connectivity index (χ1) is 13.7. The van der Waals surface area contributed by atoms with E-state index in [9.17, 15) is 9.59 Å². The van der Waals surface area contributed by atoms with Gasteiger partial charge >= 0.3 is 0 Å². The molecular weight excluding hydrogens is 384 g/mol. The van der Waals surface area contributed by atoms with Crippen LogP contribution in [0.3, 0.4) is 0 Å². The molecule has 0 aliphatic heterocycles. The number of thiophene rings is 1. The van der Waals surface area contributed by atoms with E-state index in [1.165, 1.54) is 16.9 Å². The normalized spacial score (nSPS) is 11.1. The molecule has 0 atom stereocenters. The molecule has 0 fully saturated rings. The van der Waals surface area contributed by atoms with Gasteiger partial charge in [0.15, 0.2) is 0 Å². The highest BCUT2D eigenvalue weighted by molar-refractivity contribution is 7.14. The Kier molecular flexibility index (Phi) is 6.03. The van der Waals surface area contributed by atoms with Crippen LogP contribution in [0.15, 0.2) is 60.0 Å². The summed E-state index contributed by atoms with van der Waals surface area (Å²) >= 11 is 1.26. The molecule has 2 amide bonds. The predicted molar refractivity (Wildman–Crippen MR) is 117 cm³/mol. The van der Waals surface area contributed by atoms with E-state index in [1.54, 1.807) is 23.6 Å². The van der Waals surface area contributed by atoms with Crippen molar-refractivity contribution in [1.29, 1.82) is 0 Å². The second-order valence-corrected chi connectivity index (χ2v) is 8.66. The fourth-order valence-corrected chi connectivity index (χ4v) is 3.53. The topological polar surface area (TPSA) is 81.4 Å². The van der Waals surface area contributed by atoms with E-state index in [1.807, 2.05) is 24.3 Å². The minimum atomic E-state index is -0.565. The van der Waals surface area contributed by atoms with Gasteiger partial charge in [-0.15, -0.1) is 11.3 Å². The first kappa shape index (κ1) is 20.6. The monoisotopic (exact) mass is 408 g/mol. The third-order valence-corrected chi connectivity index (χ3v) is 5.33. The summed E-state index contributed by atoms with van der Waals surface area (Å²) in [6.07, 6.45) is 0. The number of carbonyl (C=O) groups is 2. The van der Waals surface area contributed by atoms with Crippen molar-refractivity contribution >= 4 is 28.2 Å². The van der Waals surface area contributed by atoms with Crippen LogP contribution in [-0.4, -0.2) is 11.8 Å². The Hall–Kier alpha value is -3.12. The van der Waals surface area contributed by atoms with Gasteiger partial charge in [-0.2, -0.15) is 0 Å². The summed E-state index contributed by atoms with van der Waals surface area (Å²) in [6.45, 7) is 6.93. The number of carbonyl (C=O) groups excluding carboxylic acids is 2. The molecule has 0 radical (unpaired) electrons. The minimum Gasteiger partial charge on any atom is -0.489 e. The molecule has 3 rings (SSSR count). The standard InChI is InChI=1S/C23H24N2O3S/c1-23(2,3)17-8-10-18(11-9-17)28-14-15-4-6-16(7-5-15)21(27)25-22-19(20(24)26)12-13-29-22/h4-13H,14H2,1-3H3,(H2,24,26)(H,25,27). The zero-order valence-electron chi connectivity index (χ0n) is 16.7. The average molecular weight is 409 g/mol. The van der Waals surface area contributed by atoms with E-state index in [2.05, 4.69) is 38.2 Å². The van der Waals surface area contributed by atoms with Crippen LogP contribution >= 0.6 is 11.3 Å². The molecule has 0 bridgehead atoms. The summed E-state index contributed by atoms with van der Waals surface area (Å²) in [5.41, 5.74) is 8.43. The van der Waals surface area contributed by atoms with Crippen molar-refractivity contribution in [2.45, 2.75) is 32.8 Å². The molecule has 29 heavy (non-hydrogen) atoms. The van der Waals surface area contributed by atoms with Crippen LogP contribution in [-0.2, 0) is 12.0 Å². The molecular formula is C23H24N2O3S. The van der Waals surface area contributed by atoms with Gasteiger partial charge in [0.05, 0.1) is 5.56 Å². The number of amides is 2. The third kappa shape index (κ3) is 5.23. The maximum absolute atomic E-state index is 12.4. The van der Waals surface area contributed by atoms with Crippen LogP contribution < -0.4 is 15.8 Å². The smallest absolute Gasteiger partial charge is 0.256 e. The van der Waals surface area contributed by atoms with Gasteiger partial charge in [0.2, 0.25) is 0 Å². The number of nitrogens with one attached hydrogen (secondary N) is 1. The van der Waals surface area contributed by atoms with Gasteiger partial charge < -0.3 is 15.8 Å². The molecule has 0 spiro atoms. The van der Waals surface area contributed by atoms with Gasteiger partial charge in [0.25, 0.3) is 11.8 Å². The average Bonchev–Trinajstić information content (AvgIpc) is 3.15. The third-order valence-electron chi connectivity index (χ3n) is 4.50. The highest BCUT2D eigenvalue weighted by atomic mass is 32.1. The van der Waals surface area contributed by atoms with Gasteiger partial charge in [-0.3, -0.25) is 9.59 Å². The molecule has 2 aromatic carbocycles. The number of ether oxygens (including phenoxy) is 1. The molecule has 0 aliphatic carbocycles. The van der Waals surface area contributed by atoms with Crippen molar-refractivity contribution in [2.24, 2.45) is 5.73 Å². The molecule has 1 aromatic heterocycles. The number of benzene rings is 2. The van der Waals surface area contributed by atoms with E-state index in [-0.39, 0.29) is 11.3 Å². The first-order valence-corrected chi connectivity index (χ1v) is 10.1. The molecule has 0 unspecified atom stereocenters. The molecule has 1 heterocycles. The first-order valence-electron chi connectivity index (χ1n) is 9.25. The van der Waals surface area contributed by atoms with Crippen molar-refractivity contribution in [1.82, 2.24) is 0 Å². The maximum atomic E-state index is 12.4. The summed E-state index contributed by atoms with van der Waals surface area (Å²) in [5, 5.41) is 4.90. The van der Waals surface area contributed by atoms with E-state index in [0.29, 0.717) is 22.7 Å². The summed E-state index contributed by atoms with van der Waals surface area (Å²) in [4.78, 5) is 23.8. The molecule has 0 saturated carbocycles. The Morgan fingerprint density at radius 2 is 1.66 bits per heavy atom. The van der Waals surface area contributed by atoms with Crippen molar-refractivity contribution in [3.8, 4) is 5.75 Å².